The van der Waals surface area contributed by atoms with Crippen LogP contribution in [-0.4, -0.2) is 76.0 Å². The Balaban J connectivity index is 1.53. The number of H-pyrrole nitrogens is 1. The van der Waals surface area contributed by atoms with Gasteiger partial charge < -0.3 is 33.8 Å². The number of carboxylic acid groups (broad SMARTS) is 1. The summed E-state index contributed by atoms with van der Waals surface area (Å²) in [5.41, 5.74) is 0.916. The summed E-state index contributed by atoms with van der Waals surface area (Å²) in [6, 6.07) is 6.96. The largest absolute Gasteiger partial charge is 0.491 e. The van der Waals surface area contributed by atoms with Crippen LogP contribution in [0.25, 0.3) is 10.9 Å². The molecule has 0 saturated heterocycles. The summed E-state index contributed by atoms with van der Waals surface area (Å²) >= 11 is 0. The standard InChI is InChI=1S/C18H25NO7/c1-22-4-5-23-6-7-24-8-9-25-10-11-26-15-2-3-16-14(12-15)13-17(19-16)18(20)21/h2-3,12-13,19H,4-11H2,1H3,(H,20,21). The van der Waals surface area contributed by atoms with Crippen LogP contribution in [0.4, 0.5) is 0 Å². The first-order valence-electron chi connectivity index (χ1n) is 8.41. The molecule has 0 spiro atoms. The van der Waals surface area contributed by atoms with Gasteiger partial charge in [0, 0.05) is 18.0 Å². The van der Waals surface area contributed by atoms with Crippen LogP contribution in [0, 0.1) is 0 Å². The fraction of sp³-hybridized carbons (Fsp3) is 0.500. The lowest BCUT2D eigenvalue weighted by Gasteiger charge is -2.08. The molecule has 0 radical (unpaired) electrons. The smallest absolute Gasteiger partial charge is 0.352 e. The van der Waals surface area contributed by atoms with E-state index in [1.807, 2.05) is 0 Å². The summed E-state index contributed by atoms with van der Waals surface area (Å²) in [5.74, 6) is -0.317. The minimum atomic E-state index is -0.985. The average Bonchev–Trinajstić information content (AvgIpc) is 3.06. The van der Waals surface area contributed by atoms with E-state index in [4.69, 9.17) is 28.8 Å². The highest BCUT2D eigenvalue weighted by Crippen LogP contribution is 2.21. The molecule has 0 aliphatic rings. The maximum absolute atomic E-state index is 11.0. The van der Waals surface area contributed by atoms with Crippen molar-refractivity contribution in [2.45, 2.75) is 0 Å². The molecule has 2 rings (SSSR count). The van der Waals surface area contributed by atoms with Gasteiger partial charge in [-0.05, 0) is 24.3 Å². The van der Waals surface area contributed by atoms with Crippen LogP contribution in [-0.2, 0) is 18.9 Å². The third-order valence-corrected chi connectivity index (χ3v) is 3.49. The molecule has 2 N–H and O–H groups in total. The number of ether oxygens (including phenoxy) is 5. The maximum atomic E-state index is 11.0. The number of methoxy groups -OCH3 is 1. The number of aromatic nitrogens is 1. The van der Waals surface area contributed by atoms with Gasteiger partial charge in [-0.2, -0.15) is 0 Å². The molecular formula is C18H25NO7. The van der Waals surface area contributed by atoms with Gasteiger partial charge in [-0.3, -0.25) is 0 Å². The van der Waals surface area contributed by atoms with Crippen molar-refractivity contribution in [1.29, 1.82) is 0 Å². The lowest BCUT2D eigenvalue weighted by molar-refractivity contribution is 0.000169. The van der Waals surface area contributed by atoms with Crippen LogP contribution >= 0.6 is 0 Å². The van der Waals surface area contributed by atoms with E-state index in [0.29, 0.717) is 58.6 Å². The molecule has 0 unspecified atom stereocenters. The first-order valence-corrected chi connectivity index (χ1v) is 8.41. The van der Waals surface area contributed by atoms with Crippen molar-refractivity contribution in [2.24, 2.45) is 0 Å². The molecule has 8 heteroatoms. The molecule has 0 bridgehead atoms. The highest BCUT2D eigenvalue weighted by Gasteiger charge is 2.07. The highest BCUT2D eigenvalue weighted by atomic mass is 16.6. The molecule has 0 saturated carbocycles. The number of carboxylic acids is 1. The molecule has 8 nitrogen and oxygen atoms in total. The first-order chi connectivity index (χ1) is 12.7. The van der Waals surface area contributed by atoms with E-state index in [1.54, 1.807) is 31.4 Å². The number of nitrogens with one attached hydrogen (secondary N) is 1. The van der Waals surface area contributed by atoms with Gasteiger partial charge >= 0.3 is 5.97 Å². The second-order valence-corrected chi connectivity index (χ2v) is 5.42. The van der Waals surface area contributed by atoms with Gasteiger partial charge in [0.1, 0.15) is 18.1 Å². The Morgan fingerprint density at radius 2 is 1.54 bits per heavy atom. The Labute approximate surface area is 151 Å². The molecule has 26 heavy (non-hydrogen) atoms. The lowest BCUT2D eigenvalue weighted by atomic mass is 10.2. The molecule has 144 valence electrons. The molecular weight excluding hydrogens is 342 g/mol. The van der Waals surface area contributed by atoms with Crippen molar-refractivity contribution < 1.29 is 33.6 Å². The molecule has 0 amide bonds. The normalized spacial score (nSPS) is 11.1. The zero-order chi connectivity index (χ0) is 18.6. The third kappa shape index (κ3) is 7.01. The van der Waals surface area contributed by atoms with Crippen molar-refractivity contribution in [3.05, 3.63) is 30.0 Å². The summed E-state index contributed by atoms with van der Waals surface area (Å²) < 4.78 is 26.5. The number of fused-ring (bicyclic) bond motifs is 1. The van der Waals surface area contributed by atoms with E-state index in [9.17, 15) is 4.79 Å². The molecule has 1 aromatic heterocycles. The minimum Gasteiger partial charge on any atom is -0.491 e. The first kappa shape index (κ1) is 20.2. The van der Waals surface area contributed by atoms with Crippen molar-refractivity contribution in [2.75, 3.05) is 60.0 Å². The van der Waals surface area contributed by atoms with Gasteiger partial charge in [0.2, 0.25) is 0 Å². The SMILES string of the molecule is COCCOCCOCCOCCOc1ccc2[nH]c(C(=O)O)cc2c1. The fourth-order valence-corrected chi connectivity index (χ4v) is 2.22. The Kier molecular flexibility index (Phi) is 8.91. The monoisotopic (exact) mass is 367 g/mol. The summed E-state index contributed by atoms with van der Waals surface area (Å²) in [5, 5.41) is 9.77. The van der Waals surface area contributed by atoms with Crippen LogP contribution < -0.4 is 4.74 Å². The highest BCUT2D eigenvalue weighted by molar-refractivity contribution is 5.94. The summed E-state index contributed by atoms with van der Waals surface area (Å²) in [6.07, 6.45) is 0. The molecule has 2 aromatic rings. The van der Waals surface area contributed by atoms with E-state index in [1.165, 1.54) is 0 Å². The number of aromatic amines is 1. The van der Waals surface area contributed by atoms with E-state index in [2.05, 4.69) is 4.98 Å². The zero-order valence-electron chi connectivity index (χ0n) is 14.9. The topological polar surface area (TPSA) is 99.2 Å². The Bertz CT molecular complexity index is 671. The van der Waals surface area contributed by atoms with Crippen LogP contribution in [0.2, 0.25) is 0 Å². The van der Waals surface area contributed by atoms with Gasteiger partial charge in [0.05, 0.1) is 46.2 Å². The number of aromatic carboxylic acids is 1. The van der Waals surface area contributed by atoms with Crippen LogP contribution in [0.3, 0.4) is 0 Å². The molecule has 1 heterocycles. The maximum Gasteiger partial charge on any atom is 0.352 e. The van der Waals surface area contributed by atoms with Gasteiger partial charge in [0.25, 0.3) is 0 Å². The van der Waals surface area contributed by atoms with Gasteiger partial charge in [-0.15, -0.1) is 0 Å². The van der Waals surface area contributed by atoms with Crippen molar-refractivity contribution in [1.82, 2.24) is 4.98 Å². The average molecular weight is 367 g/mol. The Morgan fingerprint density at radius 1 is 0.923 bits per heavy atom. The molecule has 0 atom stereocenters. The third-order valence-electron chi connectivity index (χ3n) is 3.49. The van der Waals surface area contributed by atoms with Gasteiger partial charge in [0.15, 0.2) is 0 Å². The van der Waals surface area contributed by atoms with Crippen molar-refractivity contribution in [3.8, 4) is 5.75 Å². The number of hydrogen-bond acceptors (Lipinski definition) is 6. The summed E-state index contributed by atoms with van der Waals surface area (Å²) in [4.78, 5) is 13.8. The van der Waals surface area contributed by atoms with E-state index in [0.717, 1.165) is 10.9 Å². The molecule has 1 aromatic carbocycles. The Morgan fingerprint density at radius 3 is 2.15 bits per heavy atom. The van der Waals surface area contributed by atoms with Gasteiger partial charge in [-0.25, -0.2) is 4.79 Å². The van der Waals surface area contributed by atoms with Crippen molar-refractivity contribution >= 4 is 16.9 Å². The van der Waals surface area contributed by atoms with E-state index in [-0.39, 0.29) is 5.69 Å². The molecule has 0 aliphatic heterocycles. The predicted molar refractivity (Wildman–Crippen MR) is 95.1 cm³/mol. The quantitative estimate of drug-likeness (QED) is 0.492. The van der Waals surface area contributed by atoms with E-state index < -0.39 is 5.97 Å². The Hall–Kier alpha value is -2.13. The van der Waals surface area contributed by atoms with Crippen molar-refractivity contribution in [3.63, 3.8) is 0 Å². The second-order valence-electron chi connectivity index (χ2n) is 5.42. The summed E-state index contributed by atoms with van der Waals surface area (Å²) in [7, 11) is 1.63. The van der Waals surface area contributed by atoms with Crippen LogP contribution in [0.5, 0.6) is 5.75 Å². The van der Waals surface area contributed by atoms with Gasteiger partial charge in [-0.1, -0.05) is 0 Å². The predicted octanol–water partition coefficient (Wildman–Crippen LogP) is 1.94. The zero-order valence-corrected chi connectivity index (χ0v) is 14.9. The summed E-state index contributed by atoms with van der Waals surface area (Å²) in [6.45, 7) is 4.05. The number of rotatable bonds is 14. The van der Waals surface area contributed by atoms with E-state index >= 15 is 0 Å². The second kappa shape index (κ2) is 11.5. The molecule has 0 fully saturated rings. The molecule has 0 aliphatic carbocycles. The number of carbonyl (C=O) groups is 1. The minimum absolute atomic E-state index is 0.157. The fourth-order valence-electron chi connectivity index (χ4n) is 2.22. The number of benzene rings is 1. The van der Waals surface area contributed by atoms with Crippen LogP contribution in [0.15, 0.2) is 24.3 Å². The lowest BCUT2D eigenvalue weighted by Crippen LogP contribution is -2.13. The van der Waals surface area contributed by atoms with Crippen LogP contribution in [0.1, 0.15) is 10.5 Å². The number of hydrogen-bond donors (Lipinski definition) is 2.